The molecule has 23 heavy (non-hydrogen) atoms. The van der Waals surface area contributed by atoms with Gasteiger partial charge >= 0.3 is 12.1 Å². The highest BCUT2D eigenvalue weighted by molar-refractivity contribution is 6.31. The van der Waals surface area contributed by atoms with Crippen LogP contribution in [0.3, 0.4) is 0 Å². The van der Waals surface area contributed by atoms with Crippen molar-refractivity contribution in [3.63, 3.8) is 0 Å². The van der Waals surface area contributed by atoms with Gasteiger partial charge in [0, 0.05) is 5.02 Å². The van der Waals surface area contributed by atoms with Crippen LogP contribution < -0.4 is 10.5 Å². The molecule has 0 bridgehead atoms. The number of oxazole rings is 1. The van der Waals surface area contributed by atoms with Crippen LogP contribution in [0.25, 0.3) is 11.1 Å². The summed E-state index contributed by atoms with van der Waals surface area (Å²) in [6.07, 6.45) is -4.74. The first-order valence-electron chi connectivity index (χ1n) is 6.45. The Morgan fingerprint density at radius 3 is 2.48 bits per heavy atom. The second-order valence-electron chi connectivity index (χ2n) is 4.76. The SMILES string of the molecule is O=c1oc2ccc(Cl)cc2n1Cc1ccc(OC(F)(F)F)cc1. The fraction of sp³-hybridized carbons (Fsp3) is 0.133. The van der Waals surface area contributed by atoms with E-state index in [2.05, 4.69) is 4.74 Å². The summed E-state index contributed by atoms with van der Waals surface area (Å²) < 4.78 is 46.6. The zero-order chi connectivity index (χ0) is 16.6. The third-order valence-electron chi connectivity index (χ3n) is 3.13. The molecular weight excluding hydrogens is 335 g/mol. The third-order valence-corrected chi connectivity index (χ3v) is 3.36. The number of ether oxygens (including phenoxy) is 1. The van der Waals surface area contributed by atoms with Crippen molar-refractivity contribution in [2.45, 2.75) is 12.9 Å². The molecule has 8 heteroatoms. The van der Waals surface area contributed by atoms with Gasteiger partial charge in [0.15, 0.2) is 5.58 Å². The normalized spacial score (nSPS) is 11.8. The number of fused-ring (bicyclic) bond motifs is 1. The predicted molar refractivity (Wildman–Crippen MR) is 77.7 cm³/mol. The van der Waals surface area contributed by atoms with Gasteiger partial charge in [-0.1, -0.05) is 23.7 Å². The molecule has 0 aliphatic rings. The Balaban J connectivity index is 1.89. The summed E-state index contributed by atoms with van der Waals surface area (Å²) in [6.45, 7) is 0.137. The first kappa shape index (κ1) is 15.5. The van der Waals surface area contributed by atoms with E-state index in [1.807, 2.05) is 0 Å². The number of alkyl halides is 3. The average Bonchev–Trinajstić information content (AvgIpc) is 2.75. The number of rotatable bonds is 3. The number of nitrogens with zero attached hydrogens (tertiary/aromatic N) is 1. The number of halogens is 4. The van der Waals surface area contributed by atoms with Crippen molar-refractivity contribution in [2.24, 2.45) is 0 Å². The van der Waals surface area contributed by atoms with Crippen LogP contribution in [0.1, 0.15) is 5.56 Å². The van der Waals surface area contributed by atoms with Gasteiger partial charge in [0.2, 0.25) is 0 Å². The van der Waals surface area contributed by atoms with Gasteiger partial charge in [-0.3, -0.25) is 4.57 Å². The molecule has 0 amide bonds. The quantitative estimate of drug-likeness (QED) is 0.716. The van der Waals surface area contributed by atoms with E-state index >= 15 is 0 Å². The molecule has 3 aromatic rings. The molecule has 0 N–H and O–H groups in total. The molecule has 0 radical (unpaired) electrons. The van der Waals surface area contributed by atoms with Gasteiger partial charge in [-0.25, -0.2) is 4.79 Å². The molecule has 0 aliphatic carbocycles. The molecule has 3 rings (SSSR count). The number of hydrogen-bond acceptors (Lipinski definition) is 3. The lowest BCUT2D eigenvalue weighted by atomic mass is 10.2. The van der Waals surface area contributed by atoms with Gasteiger partial charge < -0.3 is 9.15 Å². The number of aromatic nitrogens is 1. The Morgan fingerprint density at radius 1 is 1.13 bits per heavy atom. The Kier molecular flexibility index (Phi) is 3.81. The van der Waals surface area contributed by atoms with Crippen molar-refractivity contribution < 1.29 is 22.3 Å². The maximum absolute atomic E-state index is 12.1. The van der Waals surface area contributed by atoms with Crippen molar-refractivity contribution in [1.82, 2.24) is 4.57 Å². The molecule has 4 nitrogen and oxygen atoms in total. The average molecular weight is 344 g/mol. The lowest BCUT2D eigenvalue weighted by Gasteiger charge is -2.09. The van der Waals surface area contributed by atoms with Crippen LogP contribution in [-0.4, -0.2) is 10.9 Å². The fourth-order valence-corrected chi connectivity index (χ4v) is 2.33. The lowest BCUT2D eigenvalue weighted by molar-refractivity contribution is -0.274. The van der Waals surface area contributed by atoms with Crippen molar-refractivity contribution in [2.75, 3.05) is 0 Å². The molecule has 0 spiro atoms. The second-order valence-corrected chi connectivity index (χ2v) is 5.19. The molecule has 2 aromatic carbocycles. The summed E-state index contributed by atoms with van der Waals surface area (Å²) in [5.74, 6) is -0.897. The summed E-state index contributed by atoms with van der Waals surface area (Å²) in [5.41, 5.74) is 1.51. The highest BCUT2D eigenvalue weighted by Crippen LogP contribution is 2.24. The molecule has 1 aromatic heterocycles. The van der Waals surface area contributed by atoms with Gasteiger partial charge in [0.25, 0.3) is 0 Å². The van der Waals surface area contributed by atoms with Gasteiger partial charge in [0.05, 0.1) is 12.1 Å². The maximum atomic E-state index is 12.1. The van der Waals surface area contributed by atoms with Crippen LogP contribution in [0, 0.1) is 0 Å². The molecule has 0 aliphatic heterocycles. The van der Waals surface area contributed by atoms with E-state index in [-0.39, 0.29) is 12.3 Å². The number of hydrogen-bond donors (Lipinski definition) is 0. The molecule has 0 atom stereocenters. The van der Waals surface area contributed by atoms with E-state index in [0.717, 1.165) is 0 Å². The first-order chi connectivity index (χ1) is 10.8. The summed E-state index contributed by atoms with van der Waals surface area (Å²) in [6, 6.07) is 10.0. The van der Waals surface area contributed by atoms with Crippen molar-refractivity contribution in [1.29, 1.82) is 0 Å². The molecule has 0 saturated heterocycles. The second kappa shape index (κ2) is 5.66. The number of benzene rings is 2. The van der Waals surface area contributed by atoms with Crippen molar-refractivity contribution in [3.8, 4) is 5.75 Å². The Morgan fingerprint density at radius 2 is 1.83 bits per heavy atom. The van der Waals surface area contributed by atoms with Crippen LogP contribution in [0.5, 0.6) is 5.75 Å². The third kappa shape index (κ3) is 3.50. The largest absolute Gasteiger partial charge is 0.573 e. The summed E-state index contributed by atoms with van der Waals surface area (Å²) in [7, 11) is 0. The predicted octanol–water partition coefficient (Wildman–Crippen LogP) is 4.19. The van der Waals surface area contributed by atoms with E-state index in [0.29, 0.717) is 21.7 Å². The van der Waals surface area contributed by atoms with E-state index in [1.54, 1.807) is 18.2 Å². The minimum Gasteiger partial charge on any atom is -0.408 e. The maximum Gasteiger partial charge on any atom is 0.573 e. The molecule has 0 saturated carbocycles. The van der Waals surface area contributed by atoms with Crippen LogP contribution in [0.4, 0.5) is 13.2 Å². The van der Waals surface area contributed by atoms with E-state index in [9.17, 15) is 18.0 Å². The van der Waals surface area contributed by atoms with Crippen molar-refractivity contribution >= 4 is 22.7 Å². The summed E-state index contributed by atoms with van der Waals surface area (Å²) in [4.78, 5) is 11.9. The van der Waals surface area contributed by atoms with Crippen LogP contribution in [0.2, 0.25) is 5.02 Å². The Labute approximate surface area is 132 Å². The molecule has 0 fully saturated rings. The lowest BCUT2D eigenvalue weighted by Crippen LogP contribution is -2.17. The van der Waals surface area contributed by atoms with Crippen molar-refractivity contribution in [3.05, 3.63) is 63.6 Å². The standard InChI is InChI=1S/C15H9ClF3NO3/c16-10-3-6-13-12(7-10)20(14(21)22-13)8-9-1-4-11(5-2-9)23-15(17,18)19/h1-7H,8H2. The monoisotopic (exact) mass is 343 g/mol. The minimum absolute atomic E-state index is 0.137. The van der Waals surface area contributed by atoms with Gasteiger partial charge in [-0.2, -0.15) is 0 Å². The van der Waals surface area contributed by atoms with E-state index < -0.39 is 12.1 Å². The molecule has 0 unspecified atom stereocenters. The topological polar surface area (TPSA) is 44.4 Å². The van der Waals surface area contributed by atoms with Gasteiger partial charge in [-0.05, 0) is 35.9 Å². The Bertz CT molecular complexity index is 897. The van der Waals surface area contributed by atoms with Crippen LogP contribution in [-0.2, 0) is 6.54 Å². The first-order valence-corrected chi connectivity index (χ1v) is 6.83. The highest BCUT2D eigenvalue weighted by Gasteiger charge is 2.30. The Hall–Kier alpha value is -2.41. The van der Waals surface area contributed by atoms with E-state index in [4.69, 9.17) is 16.0 Å². The molecule has 1 heterocycles. The van der Waals surface area contributed by atoms with Crippen LogP contribution >= 0.6 is 11.6 Å². The highest BCUT2D eigenvalue weighted by atomic mass is 35.5. The zero-order valence-corrected chi connectivity index (χ0v) is 12.2. The molecular formula is C15H9ClF3NO3. The van der Waals surface area contributed by atoms with Gasteiger partial charge in [0.1, 0.15) is 5.75 Å². The summed E-state index contributed by atoms with van der Waals surface area (Å²) >= 11 is 5.91. The van der Waals surface area contributed by atoms with Crippen LogP contribution in [0.15, 0.2) is 51.7 Å². The fourth-order valence-electron chi connectivity index (χ4n) is 2.16. The minimum atomic E-state index is -4.74. The molecule has 120 valence electrons. The summed E-state index contributed by atoms with van der Waals surface area (Å²) in [5, 5.41) is 0.445. The van der Waals surface area contributed by atoms with Gasteiger partial charge in [-0.15, -0.1) is 13.2 Å². The zero-order valence-electron chi connectivity index (χ0n) is 11.4. The smallest absolute Gasteiger partial charge is 0.408 e. The van der Waals surface area contributed by atoms with E-state index in [1.165, 1.54) is 28.8 Å².